The van der Waals surface area contributed by atoms with E-state index in [4.69, 9.17) is 77.0 Å². The number of ether oxygens (including phenoxy) is 11. The van der Waals surface area contributed by atoms with E-state index in [-0.39, 0.29) is 137 Å². The molecule has 0 aliphatic heterocycles. The van der Waals surface area contributed by atoms with Gasteiger partial charge in [0, 0.05) is 73.7 Å². The van der Waals surface area contributed by atoms with Crippen LogP contribution in [-0.2, 0) is 71.4 Å². The molecule has 2 aromatic rings. The van der Waals surface area contributed by atoms with Gasteiger partial charge in [-0.2, -0.15) is 26.3 Å². The maximum absolute atomic E-state index is 13.4. The molecule has 10 aliphatic carbocycles. The van der Waals surface area contributed by atoms with Gasteiger partial charge >= 0.3 is 37.7 Å². The normalized spacial score (nSPS) is 28.6. The smallest absolute Gasteiger partial charge is 0.345 e. The highest BCUT2D eigenvalue weighted by molar-refractivity contribution is 6.31. The molecule has 2 aromatic carbocycles. The SMILES string of the molecule is CC(C)(C)OC(=O)COC1CC(O)C1.CC(C)(C)OC(=O)COC1CC(OC(F)F)C1.NC12CC(NC(=O)COc3ccc(Cl)c(F)c3)(C1)C2.O=C(COC1CC(OC(F)F)C1)CC12CC(NC(=O)COc3ccc(Cl)c(F)c3)(C1)C2.O=C(O)COC1CC(OC(F)F)C1. The van der Waals surface area contributed by atoms with Gasteiger partial charge in [0.05, 0.1) is 58.9 Å². The zero-order chi connectivity index (χ0) is 69.6. The number of amides is 2. The lowest BCUT2D eigenvalue weighted by Gasteiger charge is -2.70. The molecular formula is C62H83Cl2F8N3O19. The van der Waals surface area contributed by atoms with E-state index in [1.165, 1.54) is 24.3 Å². The van der Waals surface area contributed by atoms with E-state index >= 15 is 0 Å². The maximum Gasteiger partial charge on any atom is 0.345 e. The van der Waals surface area contributed by atoms with Gasteiger partial charge in [0.25, 0.3) is 11.8 Å². The number of aliphatic carboxylic acids is 1. The number of hydrogen-bond donors (Lipinski definition) is 5. The summed E-state index contributed by atoms with van der Waals surface area (Å²) < 4.78 is 152. The van der Waals surface area contributed by atoms with Crippen molar-refractivity contribution in [2.45, 2.75) is 234 Å². The van der Waals surface area contributed by atoms with E-state index in [1.54, 1.807) is 20.8 Å². The quantitative estimate of drug-likeness (QED) is 0.0392. The lowest BCUT2D eigenvalue weighted by molar-refractivity contribution is -0.210. The number of nitrogens with one attached hydrogen (secondary N) is 2. The van der Waals surface area contributed by atoms with Gasteiger partial charge in [0.15, 0.2) is 19.0 Å². The summed E-state index contributed by atoms with van der Waals surface area (Å²) in [5, 5.41) is 23.1. The largest absolute Gasteiger partial charge is 0.484 e. The number of carboxylic acids is 1. The first-order chi connectivity index (χ1) is 43.8. The molecule has 0 aromatic heterocycles. The number of aliphatic hydroxyl groups is 1. The van der Waals surface area contributed by atoms with Gasteiger partial charge in [-0.15, -0.1) is 0 Å². The van der Waals surface area contributed by atoms with Crippen LogP contribution in [0.5, 0.6) is 11.5 Å². The molecule has 0 atom stereocenters. The van der Waals surface area contributed by atoms with Crippen molar-refractivity contribution in [1.82, 2.24) is 10.6 Å². The number of nitrogens with two attached hydrogens (primary N) is 1. The third kappa shape index (κ3) is 26.3. The summed E-state index contributed by atoms with van der Waals surface area (Å²) in [6, 6.07) is 8.03. The lowest BCUT2D eigenvalue weighted by atomic mass is 9.38. The number of rotatable bonds is 28. The van der Waals surface area contributed by atoms with Gasteiger partial charge in [0.1, 0.15) is 60.8 Å². The van der Waals surface area contributed by atoms with Crippen LogP contribution >= 0.6 is 23.2 Å². The predicted molar refractivity (Wildman–Crippen MR) is 316 cm³/mol. The van der Waals surface area contributed by atoms with E-state index in [0.29, 0.717) is 57.8 Å². The molecule has 0 radical (unpaired) electrons. The maximum atomic E-state index is 13.4. The average molecular weight is 1400 g/mol. The molecule has 12 rings (SSSR count). The third-order valence-electron chi connectivity index (χ3n) is 15.9. The molecule has 2 amide bonds. The van der Waals surface area contributed by atoms with Crippen molar-refractivity contribution in [1.29, 1.82) is 0 Å². The van der Waals surface area contributed by atoms with Crippen LogP contribution in [0.4, 0.5) is 35.1 Å². The molecule has 4 bridgehead atoms. The van der Waals surface area contributed by atoms with Gasteiger partial charge < -0.3 is 78.7 Å². The van der Waals surface area contributed by atoms with E-state index in [0.717, 1.165) is 50.7 Å². The molecule has 94 heavy (non-hydrogen) atoms. The van der Waals surface area contributed by atoms with Crippen LogP contribution < -0.4 is 25.8 Å². The first kappa shape index (κ1) is 77.7. The van der Waals surface area contributed by atoms with E-state index < -0.39 is 72.9 Å². The Labute approximate surface area is 548 Å². The minimum atomic E-state index is -2.78. The van der Waals surface area contributed by atoms with Crippen LogP contribution in [0.25, 0.3) is 0 Å². The third-order valence-corrected chi connectivity index (χ3v) is 16.5. The number of benzene rings is 2. The van der Waals surface area contributed by atoms with E-state index in [9.17, 15) is 63.9 Å². The molecule has 530 valence electrons. The van der Waals surface area contributed by atoms with Crippen LogP contribution in [0.2, 0.25) is 10.0 Å². The molecule has 0 saturated heterocycles. The molecule has 22 nitrogen and oxygen atoms in total. The molecule has 0 unspecified atom stereocenters. The Kier molecular flexibility index (Phi) is 27.9. The molecule has 10 aliphatic rings. The van der Waals surface area contributed by atoms with Crippen molar-refractivity contribution in [2.75, 3.05) is 39.6 Å². The van der Waals surface area contributed by atoms with Gasteiger partial charge in [-0.1, -0.05) is 23.2 Å². The van der Waals surface area contributed by atoms with Gasteiger partial charge in [-0.25, -0.2) is 23.2 Å². The monoisotopic (exact) mass is 1400 g/mol. The van der Waals surface area contributed by atoms with Crippen LogP contribution in [-0.4, -0.2) is 182 Å². The summed E-state index contributed by atoms with van der Waals surface area (Å²) in [5.74, 6) is -3.07. The lowest BCUT2D eigenvalue weighted by Crippen LogP contribution is -2.82. The number of halogens is 10. The first-order valence-corrected chi connectivity index (χ1v) is 31.2. The second-order valence-electron chi connectivity index (χ2n) is 26.9. The van der Waals surface area contributed by atoms with E-state index in [1.807, 2.05) is 20.8 Å². The van der Waals surface area contributed by atoms with Crippen LogP contribution in [0.1, 0.15) is 138 Å². The first-order valence-electron chi connectivity index (χ1n) is 30.5. The Balaban J connectivity index is 0.000000195. The van der Waals surface area contributed by atoms with Crippen molar-refractivity contribution in [3.8, 4) is 11.5 Å². The Morgan fingerprint density at radius 2 is 0.872 bits per heavy atom. The summed E-state index contributed by atoms with van der Waals surface area (Å²) in [6.07, 6.45) is 6.23. The van der Waals surface area contributed by atoms with Crippen LogP contribution in [0.3, 0.4) is 0 Å². The summed E-state index contributed by atoms with van der Waals surface area (Å²) in [4.78, 5) is 68.5. The number of ketones is 1. The molecule has 0 heterocycles. The van der Waals surface area contributed by atoms with Gasteiger partial charge in [-0.3, -0.25) is 14.4 Å². The number of aliphatic hydroxyl groups excluding tert-OH is 1. The Morgan fingerprint density at radius 3 is 1.19 bits per heavy atom. The number of esters is 2. The van der Waals surface area contributed by atoms with Crippen molar-refractivity contribution < 1.29 is 126 Å². The summed E-state index contributed by atoms with van der Waals surface area (Å²) in [7, 11) is 0. The molecule has 32 heteroatoms. The van der Waals surface area contributed by atoms with Crippen LogP contribution in [0, 0.1) is 17.0 Å². The zero-order valence-electron chi connectivity index (χ0n) is 52.9. The topological polar surface area (TPSA) is 294 Å². The second-order valence-corrected chi connectivity index (χ2v) is 27.7. The minimum Gasteiger partial charge on any atom is -0.484 e. The molecule has 10 fully saturated rings. The Bertz CT molecular complexity index is 2830. The van der Waals surface area contributed by atoms with Crippen LogP contribution in [0.15, 0.2) is 36.4 Å². The minimum absolute atomic E-state index is 0.0192. The van der Waals surface area contributed by atoms with Crippen molar-refractivity contribution in [3.63, 3.8) is 0 Å². The van der Waals surface area contributed by atoms with Crippen molar-refractivity contribution >= 4 is 58.7 Å². The highest BCUT2D eigenvalue weighted by Gasteiger charge is 2.69. The fourth-order valence-electron chi connectivity index (χ4n) is 11.8. The number of carbonyl (C=O) groups is 6. The fourth-order valence-corrected chi connectivity index (χ4v) is 12.0. The molecule has 0 spiro atoms. The van der Waals surface area contributed by atoms with E-state index in [2.05, 4.69) is 24.8 Å². The number of Topliss-reactive ketones (excluding diaryl/α,β-unsaturated/α-hetero) is 1. The second kappa shape index (κ2) is 33.8. The average Bonchev–Trinajstić information content (AvgIpc) is 0.694. The van der Waals surface area contributed by atoms with Crippen molar-refractivity contribution in [2.24, 2.45) is 11.1 Å². The fraction of sp³-hybridized carbons (Fsp3) is 0.710. The zero-order valence-corrected chi connectivity index (χ0v) is 54.4. The standard InChI is InChI=1S/C21H23ClF3NO5.C13H14ClFN2O2.C11H18F2O4.C10H18O4.C7H10F2O4/c22-16-2-1-13(5-17(16)23)30-8-18(28)26-21-9-20(10-21,11-21)6-12(27)7-29-14-3-15(4-14)31-19(24)25;14-9-2-1-8(3-10(9)15)19-4-11(18)17-13-5-12(16,6-13)7-13;1-11(2,3)17-9(14)6-15-7-4-8(5-7)16-10(12)13;1-10(2,3)14-9(12)6-13-8-4-7(11)5-8;8-7(9)13-5-1-4(2-5)12-3-6(10)11/h1-2,5,14-15,19H,3-4,6-11H2,(H,26,28);1-3H,4-7,16H2,(H,17,18);7-8,10H,4-6H2,1-3H3;7-8,11H,4-6H2,1-3H3;4-5,7H,1-3H2,(H,10,11). The Morgan fingerprint density at radius 1 is 0.532 bits per heavy atom. The Hall–Kier alpha value is -5.28. The summed E-state index contributed by atoms with van der Waals surface area (Å²) >= 11 is 11.2. The number of carboxylic acid groups (broad SMARTS) is 1. The number of carbonyl (C=O) groups excluding carboxylic acids is 5. The predicted octanol–water partition coefficient (Wildman–Crippen LogP) is 9.09. The van der Waals surface area contributed by atoms with Gasteiger partial charge in [-0.05, 0) is 123 Å². The summed E-state index contributed by atoms with van der Waals surface area (Å²) in [5.41, 5.74) is 4.37. The highest BCUT2D eigenvalue weighted by Crippen LogP contribution is 2.69. The number of hydrogen-bond acceptors (Lipinski definition) is 19. The molecule has 6 N–H and O–H groups in total. The molecule has 10 saturated carbocycles. The number of alkyl halides is 6. The highest BCUT2D eigenvalue weighted by atomic mass is 35.5. The van der Waals surface area contributed by atoms with Gasteiger partial charge in [0.2, 0.25) is 0 Å². The molecular weight excluding hydrogens is 1310 g/mol. The van der Waals surface area contributed by atoms with Crippen molar-refractivity contribution in [3.05, 3.63) is 58.1 Å². The summed E-state index contributed by atoms with van der Waals surface area (Å²) in [6.45, 7) is 1.51.